The highest BCUT2D eigenvalue weighted by Gasteiger charge is 2.18. The summed E-state index contributed by atoms with van der Waals surface area (Å²) in [6.45, 7) is 4.59. The lowest BCUT2D eigenvalue weighted by molar-refractivity contribution is -0.120. The number of halogens is 1. The van der Waals surface area contributed by atoms with Crippen molar-refractivity contribution in [1.82, 2.24) is 4.72 Å². The molecule has 22 heavy (non-hydrogen) atoms. The minimum Gasteiger partial charge on any atom is -0.381 e. The highest BCUT2D eigenvalue weighted by Crippen LogP contribution is 2.20. The van der Waals surface area contributed by atoms with Crippen LogP contribution in [0.15, 0.2) is 23.1 Å². The number of hydrogen-bond acceptors (Lipinski definition) is 5. The number of nitrogens with one attached hydrogen (secondary N) is 1. The number of nitrogens with zero attached hydrogens (tertiary/aromatic N) is 1. The van der Waals surface area contributed by atoms with Crippen LogP contribution >= 0.6 is 11.6 Å². The second-order valence-electron chi connectivity index (χ2n) is 5.00. The average Bonchev–Trinajstić information content (AvgIpc) is 2.42. The van der Waals surface area contributed by atoms with E-state index in [1.165, 1.54) is 12.1 Å². The van der Waals surface area contributed by atoms with Crippen LogP contribution in [0.25, 0.3) is 0 Å². The van der Waals surface area contributed by atoms with Crippen molar-refractivity contribution in [2.45, 2.75) is 25.2 Å². The van der Waals surface area contributed by atoms with Crippen molar-refractivity contribution in [3.05, 3.63) is 28.8 Å². The molecular formula is C14H17ClN2O4S. The lowest BCUT2D eigenvalue weighted by Gasteiger charge is -2.09. The van der Waals surface area contributed by atoms with Gasteiger partial charge in [-0.05, 0) is 24.1 Å². The predicted octanol–water partition coefficient (Wildman–Crippen LogP) is 2.08. The summed E-state index contributed by atoms with van der Waals surface area (Å²) in [4.78, 5) is 11.5. The Kier molecular flexibility index (Phi) is 6.81. The Bertz CT molecular complexity index is 681. The zero-order valence-corrected chi connectivity index (χ0v) is 13.9. The van der Waals surface area contributed by atoms with Crippen LogP contribution in [0.5, 0.6) is 0 Å². The zero-order valence-electron chi connectivity index (χ0n) is 12.3. The van der Waals surface area contributed by atoms with E-state index in [2.05, 4.69) is 0 Å². The highest BCUT2D eigenvalue weighted by atomic mass is 35.5. The SMILES string of the molecule is CC(C)COCCC(=O)NS(=O)(=O)c1ccc(C#N)c(Cl)c1. The molecule has 0 aromatic heterocycles. The summed E-state index contributed by atoms with van der Waals surface area (Å²) in [5.74, 6) is -0.322. The van der Waals surface area contributed by atoms with E-state index < -0.39 is 15.9 Å². The Morgan fingerprint density at radius 2 is 2.14 bits per heavy atom. The molecule has 6 nitrogen and oxygen atoms in total. The van der Waals surface area contributed by atoms with Gasteiger partial charge in [0.2, 0.25) is 5.91 Å². The number of carbonyl (C=O) groups is 1. The molecule has 0 aliphatic rings. The highest BCUT2D eigenvalue weighted by molar-refractivity contribution is 7.90. The van der Waals surface area contributed by atoms with E-state index in [0.29, 0.717) is 12.5 Å². The van der Waals surface area contributed by atoms with Crippen LogP contribution < -0.4 is 4.72 Å². The molecule has 1 N–H and O–H groups in total. The van der Waals surface area contributed by atoms with Gasteiger partial charge in [-0.15, -0.1) is 0 Å². The quantitative estimate of drug-likeness (QED) is 0.764. The first-order valence-corrected chi connectivity index (χ1v) is 8.45. The number of amides is 1. The fourth-order valence-electron chi connectivity index (χ4n) is 1.50. The van der Waals surface area contributed by atoms with Crippen molar-refractivity contribution in [2.24, 2.45) is 5.92 Å². The second-order valence-corrected chi connectivity index (χ2v) is 7.09. The van der Waals surface area contributed by atoms with Gasteiger partial charge in [0.15, 0.2) is 0 Å². The fourth-order valence-corrected chi connectivity index (χ4v) is 2.82. The van der Waals surface area contributed by atoms with Gasteiger partial charge in [-0.25, -0.2) is 13.1 Å². The first kappa shape index (κ1) is 18.4. The number of carbonyl (C=O) groups excluding carboxylic acids is 1. The molecule has 0 aliphatic carbocycles. The number of hydrogen-bond donors (Lipinski definition) is 1. The maximum Gasteiger partial charge on any atom is 0.264 e. The molecule has 0 saturated heterocycles. The lowest BCUT2D eigenvalue weighted by atomic mass is 10.2. The Hall–Kier alpha value is -1.62. The van der Waals surface area contributed by atoms with Gasteiger partial charge in [0.25, 0.3) is 10.0 Å². The summed E-state index contributed by atoms with van der Waals surface area (Å²) in [5, 5.41) is 8.76. The normalized spacial score (nSPS) is 11.2. The van der Waals surface area contributed by atoms with Crippen LogP contribution in [0.2, 0.25) is 5.02 Å². The third-order valence-electron chi connectivity index (χ3n) is 2.54. The minimum absolute atomic E-state index is 0.0121. The van der Waals surface area contributed by atoms with E-state index in [0.717, 1.165) is 6.07 Å². The summed E-state index contributed by atoms with van der Waals surface area (Å²) in [5.41, 5.74) is 0.161. The monoisotopic (exact) mass is 344 g/mol. The Morgan fingerprint density at radius 1 is 1.45 bits per heavy atom. The largest absolute Gasteiger partial charge is 0.381 e. The van der Waals surface area contributed by atoms with Crippen molar-refractivity contribution in [2.75, 3.05) is 13.2 Å². The van der Waals surface area contributed by atoms with Crippen molar-refractivity contribution in [1.29, 1.82) is 5.26 Å². The topological polar surface area (TPSA) is 96.3 Å². The molecule has 0 saturated carbocycles. The molecule has 0 aliphatic heterocycles. The molecule has 1 rings (SSSR count). The van der Waals surface area contributed by atoms with E-state index in [1.807, 2.05) is 24.6 Å². The molecular weight excluding hydrogens is 328 g/mol. The molecule has 8 heteroatoms. The smallest absolute Gasteiger partial charge is 0.264 e. The number of rotatable bonds is 7. The van der Waals surface area contributed by atoms with E-state index in [1.54, 1.807) is 0 Å². The number of sulfonamides is 1. The molecule has 0 fully saturated rings. The third-order valence-corrected chi connectivity index (χ3v) is 4.23. The Morgan fingerprint density at radius 3 is 2.68 bits per heavy atom. The van der Waals surface area contributed by atoms with Crippen molar-refractivity contribution in [3.63, 3.8) is 0 Å². The van der Waals surface area contributed by atoms with Gasteiger partial charge >= 0.3 is 0 Å². The van der Waals surface area contributed by atoms with Crippen molar-refractivity contribution < 1.29 is 17.9 Å². The van der Waals surface area contributed by atoms with Gasteiger partial charge in [-0.3, -0.25) is 4.79 Å². The van der Waals surface area contributed by atoms with Gasteiger partial charge in [-0.1, -0.05) is 25.4 Å². The maximum atomic E-state index is 12.0. The van der Waals surface area contributed by atoms with Gasteiger partial charge in [-0.2, -0.15) is 5.26 Å². The summed E-state index contributed by atoms with van der Waals surface area (Å²) < 4.78 is 31.2. The number of benzene rings is 1. The molecule has 120 valence electrons. The van der Waals surface area contributed by atoms with E-state index in [9.17, 15) is 13.2 Å². The van der Waals surface area contributed by atoms with Crippen LogP contribution in [0.3, 0.4) is 0 Å². The summed E-state index contributed by atoms with van der Waals surface area (Å²) in [6, 6.07) is 5.46. The average molecular weight is 345 g/mol. The Labute approximate surface area is 135 Å². The molecule has 0 spiro atoms. The molecule has 1 amide bonds. The third kappa shape index (κ3) is 5.64. The first-order chi connectivity index (χ1) is 10.3. The van der Waals surface area contributed by atoms with Crippen LogP contribution in [0.1, 0.15) is 25.8 Å². The van der Waals surface area contributed by atoms with Crippen LogP contribution in [-0.4, -0.2) is 27.5 Å². The lowest BCUT2D eigenvalue weighted by Crippen LogP contribution is -2.31. The first-order valence-electron chi connectivity index (χ1n) is 6.59. The summed E-state index contributed by atoms with van der Waals surface area (Å²) in [6.07, 6.45) is -0.0596. The molecule has 0 atom stereocenters. The second kappa shape index (κ2) is 8.13. The van der Waals surface area contributed by atoms with Gasteiger partial charge in [0.05, 0.1) is 28.5 Å². The molecule has 0 unspecified atom stereocenters. The number of nitriles is 1. The Balaban J connectivity index is 2.65. The fraction of sp³-hybridized carbons (Fsp3) is 0.429. The zero-order chi connectivity index (χ0) is 16.8. The van der Waals surface area contributed by atoms with E-state index in [-0.39, 0.29) is 28.5 Å². The molecule has 0 bridgehead atoms. The van der Waals surface area contributed by atoms with Crippen LogP contribution in [0.4, 0.5) is 0 Å². The van der Waals surface area contributed by atoms with E-state index >= 15 is 0 Å². The van der Waals surface area contributed by atoms with Crippen molar-refractivity contribution in [3.8, 4) is 6.07 Å². The maximum absolute atomic E-state index is 12.0. The number of ether oxygens (including phenoxy) is 1. The molecule has 0 radical (unpaired) electrons. The van der Waals surface area contributed by atoms with Crippen LogP contribution in [-0.2, 0) is 19.6 Å². The molecule has 0 heterocycles. The van der Waals surface area contributed by atoms with Gasteiger partial charge < -0.3 is 4.74 Å². The van der Waals surface area contributed by atoms with E-state index in [4.69, 9.17) is 21.6 Å². The summed E-state index contributed by atoms with van der Waals surface area (Å²) >= 11 is 5.78. The molecule has 1 aromatic rings. The minimum atomic E-state index is -4.01. The van der Waals surface area contributed by atoms with Gasteiger partial charge in [0.1, 0.15) is 6.07 Å². The predicted molar refractivity (Wildman–Crippen MR) is 81.8 cm³/mol. The van der Waals surface area contributed by atoms with Crippen LogP contribution in [0, 0.1) is 17.2 Å². The standard InChI is InChI=1S/C14H17ClN2O4S/c1-10(2)9-21-6-5-14(18)17-22(19,20)12-4-3-11(8-16)13(15)7-12/h3-4,7,10H,5-6,9H2,1-2H3,(H,17,18). The molecule has 1 aromatic carbocycles. The van der Waals surface area contributed by atoms with Crippen molar-refractivity contribution >= 4 is 27.5 Å². The summed E-state index contributed by atoms with van der Waals surface area (Å²) in [7, 11) is -4.01. The van der Waals surface area contributed by atoms with Gasteiger partial charge in [0, 0.05) is 6.61 Å².